The molecular weight excluding hydrogens is 372 g/mol. The van der Waals surface area contributed by atoms with Crippen molar-refractivity contribution in [3.05, 3.63) is 52.0 Å². The topological polar surface area (TPSA) is 66.7 Å². The molecule has 3 rings (SSSR count). The SMILES string of the molecule is CCCCN(C(C)=O)c1c(CC)nc2ccc(C(=O)NCc3cccs3)cn12. The van der Waals surface area contributed by atoms with E-state index in [9.17, 15) is 9.59 Å². The normalized spacial score (nSPS) is 11.0. The van der Waals surface area contributed by atoms with E-state index in [-0.39, 0.29) is 11.8 Å². The number of hydrogen-bond donors (Lipinski definition) is 1. The Morgan fingerprint density at radius 2 is 2.07 bits per heavy atom. The molecule has 0 saturated carbocycles. The molecule has 0 radical (unpaired) electrons. The second kappa shape index (κ2) is 9.01. The second-order valence-electron chi connectivity index (χ2n) is 6.67. The van der Waals surface area contributed by atoms with Gasteiger partial charge < -0.3 is 5.32 Å². The minimum Gasteiger partial charge on any atom is -0.347 e. The van der Waals surface area contributed by atoms with Crippen molar-refractivity contribution in [2.75, 3.05) is 11.4 Å². The summed E-state index contributed by atoms with van der Waals surface area (Å²) >= 11 is 1.61. The first-order valence-electron chi connectivity index (χ1n) is 9.64. The highest BCUT2D eigenvalue weighted by molar-refractivity contribution is 7.09. The van der Waals surface area contributed by atoms with Crippen molar-refractivity contribution < 1.29 is 9.59 Å². The molecule has 0 fully saturated rings. The molecule has 28 heavy (non-hydrogen) atoms. The zero-order valence-corrected chi connectivity index (χ0v) is 17.4. The Balaban J connectivity index is 1.94. The summed E-state index contributed by atoms with van der Waals surface area (Å²) in [6, 6.07) is 7.57. The van der Waals surface area contributed by atoms with E-state index in [1.54, 1.807) is 35.4 Å². The standard InChI is InChI=1S/C21H26N4O2S/c1-4-6-11-24(15(3)26)21-18(5-2)23-19-10-9-16(14-25(19)21)20(27)22-13-17-8-7-12-28-17/h7-10,12,14H,4-6,11,13H2,1-3H3,(H,22,27). The summed E-state index contributed by atoms with van der Waals surface area (Å²) in [6.45, 7) is 6.84. The summed E-state index contributed by atoms with van der Waals surface area (Å²) in [5.41, 5.74) is 2.15. The second-order valence-corrected chi connectivity index (χ2v) is 7.70. The van der Waals surface area contributed by atoms with Gasteiger partial charge in [0.2, 0.25) is 5.91 Å². The molecule has 148 valence electrons. The number of anilines is 1. The van der Waals surface area contributed by atoms with Gasteiger partial charge in [0.15, 0.2) is 0 Å². The molecule has 0 aliphatic rings. The van der Waals surface area contributed by atoms with Crippen LogP contribution >= 0.6 is 11.3 Å². The van der Waals surface area contributed by atoms with Crippen molar-refractivity contribution in [1.29, 1.82) is 0 Å². The fourth-order valence-corrected chi connectivity index (χ4v) is 3.79. The highest BCUT2D eigenvalue weighted by Crippen LogP contribution is 2.25. The van der Waals surface area contributed by atoms with Crippen molar-refractivity contribution in [3.63, 3.8) is 0 Å². The minimum atomic E-state index is -0.143. The van der Waals surface area contributed by atoms with E-state index in [2.05, 4.69) is 17.2 Å². The number of aromatic nitrogens is 2. The van der Waals surface area contributed by atoms with Gasteiger partial charge >= 0.3 is 0 Å². The van der Waals surface area contributed by atoms with E-state index in [0.717, 1.165) is 34.9 Å². The number of carbonyl (C=O) groups excluding carboxylic acids is 2. The summed E-state index contributed by atoms with van der Waals surface area (Å²) in [4.78, 5) is 32.5. The van der Waals surface area contributed by atoms with Crippen LogP contribution in [0.4, 0.5) is 5.82 Å². The van der Waals surface area contributed by atoms with E-state index < -0.39 is 0 Å². The van der Waals surface area contributed by atoms with Gasteiger partial charge in [0.1, 0.15) is 11.5 Å². The van der Waals surface area contributed by atoms with E-state index in [0.29, 0.717) is 25.1 Å². The van der Waals surface area contributed by atoms with Crippen LogP contribution in [-0.2, 0) is 17.8 Å². The molecule has 0 aromatic carbocycles. The van der Waals surface area contributed by atoms with Crippen LogP contribution in [0.5, 0.6) is 0 Å². The molecule has 1 N–H and O–H groups in total. The van der Waals surface area contributed by atoms with Gasteiger partial charge in [-0.15, -0.1) is 11.3 Å². The Morgan fingerprint density at radius 3 is 2.71 bits per heavy atom. The number of amides is 2. The zero-order valence-electron chi connectivity index (χ0n) is 16.6. The Bertz CT molecular complexity index is 962. The first-order valence-corrected chi connectivity index (χ1v) is 10.5. The largest absolute Gasteiger partial charge is 0.347 e. The van der Waals surface area contributed by atoms with Crippen molar-refractivity contribution in [1.82, 2.24) is 14.7 Å². The first kappa shape index (κ1) is 20.1. The number of nitrogens with zero attached hydrogens (tertiary/aromatic N) is 3. The number of nitrogens with one attached hydrogen (secondary N) is 1. The third-order valence-electron chi connectivity index (χ3n) is 4.63. The molecule has 2 amide bonds. The Labute approximate surface area is 169 Å². The molecule has 6 nitrogen and oxygen atoms in total. The first-order chi connectivity index (χ1) is 13.5. The number of rotatable bonds is 8. The average molecular weight is 399 g/mol. The van der Waals surface area contributed by atoms with Gasteiger partial charge in [0.05, 0.1) is 17.8 Å². The number of fused-ring (bicyclic) bond motifs is 1. The minimum absolute atomic E-state index is 0.0162. The van der Waals surface area contributed by atoms with E-state index >= 15 is 0 Å². The Kier molecular flexibility index (Phi) is 6.46. The van der Waals surface area contributed by atoms with E-state index in [1.165, 1.54) is 0 Å². The summed E-state index contributed by atoms with van der Waals surface area (Å²) in [5.74, 6) is 0.611. The molecular formula is C21H26N4O2S. The fraction of sp³-hybridized carbons (Fsp3) is 0.381. The number of thiophene rings is 1. The lowest BCUT2D eigenvalue weighted by atomic mass is 10.2. The van der Waals surface area contributed by atoms with Gasteiger partial charge in [-0.2, -0.15) is 0 Å². The quantitative estimate of drug-likeness (QED) is 0.623. The number of aryl methyl sites for hydroxylation is 1. The van der Waals surface area contributed by atoms with Crippen molar-refractivity contribution in [2.45, 2.75) is 46.6 Å². The van der Waals surface area contributed by atoms with Gasteiger partial charge in [-0.3, -0.25) is 18.9 Å². The molecule has 0 atom stereocenters. The molecule has 0 unspecified atom stereocenters. The molecule has 0 aliphatic heterocycles. The molecule has 3 aromatic rings. The number of pyridine rings is 1. The van der Waals surface area contributed by atoms with Crippen molar-refractivity contribution in [3.8, 4) is 0 Å². The fourth-order valence-electron chi connectivity index (χ4n) is 3.15. The smallest absolute Gasteiger partial charge is 0.253 e. The third-order valence-corrected chi connectivity index (χ3v) is 5.51. The van der Waals surface area contributed by atoms with Crippen LogP contribution in [0, 0.1) is 0 Å². The van der Waals surface area contributed by atoms with Crippen LogP contribution < -0.4 is 10.2 Å². The Hall–Kier alpha value is -2.67. The third kappa shape index (κ3) is 4.25. The van der Waals surface area contributed by atoms with Crippen LogP contribution in [0.2, 0.25) is 0 Å². The van der Waals surface area contributed by atoms with E-state index in [4.69, 9.17) is 0 Å². The molecule has 3 heterocycles. The van der Waals surface area contributed by atoms with E-state index in [1.807, 2.05) is 34.9 Å². The number of unbranched alkanes of at least 4 members (excludes halogenated alkanes) is 1. The summed E-state index contributed by atoms with van der Waals surface area (Å²) in [6.07, 6.45) is 4.41. The highest BCUT2D eigenvalue weighted by atomic mass is 32.1. The lowest BCUT2D eigenvalue weighted by Crippen LogP contribution is -2.31. The van der Waals surface area contributed by atoms with Crippen LogP contribution in [0.1, 0.15) is 54.5 Å². The van der Waals surface area contributed by atoms with Gasteiger partial charge in [-0.05, 0) is 36.4 Å². The van der Waals surface area contributed by atoms with Crippen molar-refractivity contribution in [2.24, 2.45) is 0 Å². The van der Waals surface area contributed by atoms with Gasteiger partial charge in [-0.1, -0.05) is 26.3 Å². The number of imidazole rings is 1. The van der Waals surface area contributed by atoms with Gasteiger partial charge in [0.25, 0.3) is 5.91 Å². The lowest BCUT2D eigenvalue weighted by molar-refractivity contribution is -0.116. The number of hydrogen-bond acceptors (Lipinski definition) is 4. The molecule has 0 spiro atoms. The van der Waals surface area contributed by atoms with Crippen LogP contribution in [0.15, 0.2) is 35.8 Å². The van der Waals surface area contributed by atoms with Gasteiger partial charge in [0, 0.05) is 24.5 Å². The maximum absolute atomic E-state index is 12.6. The molecule has 7 heteroatoms. The number of carbonyl (C=O) groups is 2. The molecule has 0 bridgehead atoms. The average Bonchev–Trinajstić information content (AvgIpc) is 3.33. The molecule has 3 aromatic heterocycles. The van der Waals surface area contributed by atoms with Crippen molar-refractivity contribution >= 4 is 34.6 Å². The summed E-state index contributed by atoms with van der Waals surface area (Å²) < 4.78 is 1.87. The monoisotopic (exact) mass is 398 g/mol. The Morgan fingerprint density at radius 1 is 1.25 bits per heavy atom. The van der Waals surface area contributed by atoms with Crippen LogP contribution in [-0.4, -0.2) is 27.7 Å². The van der Waals surface area contributed by atoms with Crippen LogP contribution in [0.3, 0.4) is 0 Å². The highest BCUT2D eigenvalue weighted by Gasteiger charge is 2.21. The lowest BCUT2D eigenvalue weighted by Gasteiger charge is -2.21. The zero-order chi connectivity index (χ0) is 20.1. The predicted molar refractivity (Wildman–Crippen MR) is 113 cm³/mol. The van der Waals surface area contributed by atoms with Crippen LogP contribution in [0.25, 0.3) is 5.65 Å². The molecule has 0 aliphatic carbocycles. The molecule has 0 saturated heterocycles. The maximum atomic E-state index is 12.6. The predicted octanol–water partition coefficient (Wildman–Crippen LogP) is 4.04. The maximum Gasteiger partial charge on any atom is 0.253 e. The van der Waals surface area contributed by atoms with Gasteiger partial charge in [-0.25, -0.2) is 4.98 Å². The summed E-state index contributed by atoms with van der Waals surface area (Å²) in [7, 11) is 0. The summed E-state index contributed by atoms with van der Waals surface area (Å²) in [5, 5.41) is 4.94.